The molecule has 3 aromatic rings. The highest BCUT2D eigenvalue weighted by Crippen LogP contribution is 2.29. The molecule has 0 bridgehead atoms. The average molecular weight is 537 g/mol. The van der Waals surface area contributed by atoms with Crippen LogP contribution in [0.3, 0.4) is 0 Å². The number of carboxylic acid groups (broad SMARTS) is 1. The van der Waals surface area contributed by atoms with E-state index in [9.17, 15) is 14.7 Å². The predicted octanol–water partition coefficient (Wildman–Crippen LogP) is 5.94. The average Bonchev–Trinajstić information content (AvgIpc) is 3.07. The molecular weight excluding hydrogens is 514 g/mol. The number of hydrogen-bond acceptors (Lipinski definition) is 2. The number of carbonyl (C=O) groups excluding carboxylic acids is 1. The summed E-state index contributed by atoms with van der Waals surface area (Å²) in [4.78, 5) is 29.5. The first-order chi connectivity index (χ1) is 14.1. The maximum atomic E-state index is 13.0. The maximum Gasteiger partial charge on any atom is 0.407 e. The second kappa shape index (κ2) is 8.81. The summed E-state index contributed by atoms with van der Waals surface area (Å²) < 4.78 is 1.78. The van der Waals surface area contributed by atoms with E-state index in [1.165, 1.54) is 4.90 Å². The van der Waals surface area contributed by atoms with Gasteiger partial charge in [-0.3, -0.25) is 4.79 Å². The number of nitrogens with zero attached hydrogens (tertiary/aromatic N) is 1. The van der Waals surface area contributed by atoms with Crippen molar-refractivity contribution in [3.8, 4) is 0 Å². The van der Waals surface area contributed by atoms with Gasteiger partial charge >= 0.3 is 6.09 Å². The van der Waals surface area contributed by atoms with E-state index in [1.54, 1.807) is 24.3 Å². The maximum absolute atomic E-state index is 13.0. The third-order valence-electron chi connectivity index (χ3n) is 4.87. The second-order valence-electron chi connectivity index (χ2n) is 8.03. The molecule has 2 amide bonds. The lowest BCUT2D eigenvalue weighted by molar-refractivity contribution is 0.0823. The van der Waals surface area contributed by atoms with Gasteiger partial charge in [0, 0.05) is 49.3 Å². The van der Waals surface area contributed by atoms with Crippen molar-refractivity contribution < 1.29 is 14.7 Å². The number of halogens is 2. The molecule has 8 heteroatoms. The Hall–Kier alpha value is -2.32. The molecule has 158 valence electrons. The zero-order chi connectivity index (χ0) is 22.1. The van der Waals surface area contributed by atoms with Crippen molar-refractivity contribution in [3.63, 3.8) is 0 Å². The number of hydrogen-bond donors (Lipinski definition) is 3. The number of fused-ring (bicyclic) bond motifs is 1. The van der Waals surface area contributed by atoms with Gasteiger partial charge in [-0.2, -0.15) is 0 Å². The van der Waals surface area contributed by atoms with E-state index in [0.717, 1.165) is 25.4 Å². The summed E-state index contributed by atoms with van der Waals surface area (Å²) in [7, 11) is 0. The molecular formula is C22H23Br2N3O3. The van der Waals surface area contributed by atoms with Crippen molar-refractivity contribution in [3.05, 3.63) is 68.7 Å². The van der Waals surface area contributed by atoms with Crippen LogP contribution >= 0.6 is 31.9 Å². The fourth-order valence-corrected chi connectivity index (χ4v) is 3.91. The van der Waals surface area contributed by atoms with Crippen LogP contribution in [0.25, 0.3) is 10.9 Å². The molecule has 0 fully saturated rings. The minimum absolute atomic E-state index is 0.112. The molecule has 1 aromatic heterocycles. The number of nitrogens with one attached hydrogen (secondary N) is 2. The highest BCUT2D eigenvalue weighted by Gasteiger charge is 2.31. The van der Waals surface area contributed by atoms with Crippen LogP contribution in [0.4, 0.5) is 4.79 Å². The molecule has 1 atom stereocenters. The van der Waals surface area contributed by atoms with E-state index in [2.05, 4.69) is 42.2 Å². The molecule has 0 saturated heterocycles. The highest BCUT2D eigenvalue weighted by atomic mass is 79.9. The smallest absolute Gasteiger partial charge is 0.407 e. The van der Waals surface area contributed by atoms with E-state index >= 15 is 0 Å². The SMILES string of the molecule is CC(C)(C)N(CC(NC(=O)c1ccc(Br)cc1)c1c[nH]c2ccc(Br)cc12)C(=O)O. The summed E-state index contributed by atoms with van der Waals surface area (Å²) in [6.45, 7) is 5.61. The van der Waals surface area contributed by atoms with Crippen LogP contribution in [0, 0.1) is 0 Å². The summed E-state index contributed by atoms with van der Waals surface area (Å²) >= 11 is 6.86. The van der Waals surface area contributed by atoms with Gasteiger partial charge in [0.05, 0.1) is 6.04 Å². The Morgan fingerprint density at radius 1 is 1.10 bits per heavy atom. The van der Waals surface area contributed by atoms with Gasteiger partial charge in [0.15, 0.2) is 0 Å². The van der Waals surface area contributed by atoms with Crippen molar-refractivity contribution in [2.45, 2.75) is 32.4 Å². The Morgan fingerprint density at radius 3 is 2.33 bits per heavy atom. The van der Waals surface area contributed by atoms with Crippen molar-refractivity contribution in [1.82, 2.24) is 15.2 Å². The second-order valence-corrected chi connectivity index (χ2v) is 9.86. The van der Waals surface area contributed by atoms with E-state index < -0.39 is 17.7 Å². The molecule has 0 aliphatic carbocycles. The minimum Gasteiger partial charge on any atom is -0.465 e. The van der Waals surface area contributed by atoms with Gasteiger partial charge in [-0.05, 0) is 63.2 Å². The predicted molar refractivity (Wildman–Crippen MR) is 125 cm³/mol. The zero-order valence-electron chi connectivity index (χ0n) is 16.9. The van der Waals surface area contributed by atoms with Crippen molar-refractivity contribution in [2.75, 3.05) is 6.54 Å². The van der Waals surface area contributed by atoms with Gasteiger partial charge in [-0.1, -0.05) is 31.9 Å². The number of H-pyrrole nitrogens is 1. The first-order valence-corrected chi connectivity index (χ1v) is 11.0. The minimum atomic E-state index is -1.04. The molecule has 0 radical (unpaired) electrons. The van der Waals surface area contributed by atoms with Gasteiger partial charge in [0.1, 0.15) is 0 Å². The molecule has 2 aromatic carbocycles. The van der Waals surface area contributed by atoms with E-state index in [1.807, 2.05) is 45.2 Å². The van der Waals surface area contributed by atoms with Crippen molar-refractivity contribution in [1.29, 1.82) is 0 Å². The zero-order valence-corrected chi connectivity index (χ0v) is 20.0. The summed E-state index contributed by atoms with van der Waals surface area (Å²) in [6, 6.07) is 12.3. The molecule has 3 rings (SSSR count). The van der Waals surface area contributed by atoms with Crippen LogP contribution in [0.1, 0.15) is 42.7 Å². The van der Waals surface area contributed by atoms with Gasteiger partial charge in [-0.25, -0.2) is 4.79 Å². The Bertz CT molecular complexity index is 1070. The number of carbonyl (C=O) groups is 2. The molecule has 30 heavy (non-hydrogen) atoms. The van der Waals surface area contributed by atoms with E-state index in [0.29, 0.717) is 5.56 Å². The number of aromatic nitrogens is 1. The normalized spacial score (nSPS) is 12.6. The molecule has 0 aliphatic rings. The standard InChI is InChI=1S/C22H23Br2N3O3/c1-22(2,3)27(21(29)30)12-19(26-20(28)13-4-6-14(23)7-5-13)17-11-25-18-9-8-15(24)10-16(17)18/h4-11,19,25H,12H2,1-3H3,(H,26,28)(H,29,30). The fourth-order valence-electron chi connectivity index (χ4n) is 3.29. The monoisotopic (exact) mass is 535 g/mol. The van der Waals surface area contributed by atoms with Crippen molar-refractivity contribution >= 4 is 54.8 Å². The first-order valence-electron chi connectivity index (χ1n) is 9.40. The van der Waals surface area contributed by atoms with Gasteiger partial charge in [0.25, 0.3) is 5.91 Å². The van der Waals surface area contributed by atoms with Crippen LogP contribution < -0.4 is 5.32 Å². The Morgan fingerprint density at radius 2 is 1.73 bits per heavy atom. The molecule has 3 N–H and O–H groups in total. The van der Waals surface area contributed by atoms with Gasteiger partial charge < -0.3 is 20.3 Å². The molecule has 0 aliphatic heterocycles. The number of rotatable bonds is 5. The Kier molecular flexibility index (Phi) is 6.57. The highest BCUT2D eigenvalue weighted by molar-refractivity contribution is 9.10. The number of benzene rings is 2. The van der Waals surface area contributed by atoms with Crippen LogP contribution in [0.2, 0.25) is 0 Å². The quantitative estimate of drug-likeness (QED) is 0.377. The molecule has 1 heterocycles. The summed E-state index contributed by atoms with van der Waals surface area (Å²) in [5.41, 5.74) is 1.61. The molecule has 0 saturated carbocycles. The number of aromatic amines is 1. The van der Waals surface area contributed by atoms with Gasteiger partial charge in [-0.15, -0.1) is 0 Å². The summed E-state index contributed by atoms with van der Waals surface area (Å²) in [5, 5.41) is 13.7. The topological polar surface area (TPSA) is 85.4 Å². The van der Waals surface area contributed by atoms with Crippen LogP contribution in [0.15, 0.2) is 57.6 Å². The lowest BCUT2D eigenvalue weighted by atomic mass is 10.0. The summed E-state index contributed by atoms with van der Waals surface area (Å²) in [5.74, 6) is -0.268. The third kappa shape index (κ3) is 5.05. The Labute approximate surface area is 191 Å². The number of amides is 2. The first kappa shape index (κ1) is 22.4. The van der Waals surface area contributed by atoms with Crippen LogP contribution in [-0.4, -0.2) is 39.1 Å². The third-order valence-corrected chi connectivity index (χ3v) is 5.89. The lowest BCUT2D eigenvalue weighted by Crippen LogP contribution is -2.49. The van der Waals surface area contributed by atoms with Crippen LogP contribution in [-0.2, 0) is 0 Å². The van der Waals surface area contributed by atoms with Crippen LogP contribution in [0.5, 0.6) is 0 Å². The lowest BCUT2D eigenvalue weighted by Gasteiger charge is -2.36. The van der Waals surface area contributed by atoms with E-state index in [4.69, 9.17) is 0 Å². The summed E-state index contributed by atoms with van der Waals surface area (Å²) in [6.07, 6.45) is 0.790. The molecule has 0 spiro atoms. The largest absolute Gasteiger partial charge is 0.465 e. The Balaban J connectivity index is 2.01. The van der Waals surface area contributed by atoms with E-state index in [-0.39, 0.29) is 12.5 Å². The molecule has 6 nitrogen and oxygen atoms in total. The van der Waals surface area contributed by atoms with Crippen molar-refractivity contribution in [2.24, 2.45) is 0 Å². The fraction of sp³-hybridized carbons (Fsp3) is 0.273. The molecule has 1 unspecified atom stereocenters. The van der Waals surface area contributed by atoms with Gasteiger partial charge in [0.2, 0.25) is 0 Å².